The second-order valence-electron chi connectivity index (χ2n) is 7.29. The van der Waals surface area contributed by atoms with Crippen LogP contribution >= 0.6 is 0 Å². The van der Waals surface area contributed by atoms with Crippen LogP contribution in [0.25, 0.3) is 0 Å². The lowest BCUT2D eigenvalue weighted by Crippen LogP contribution is -2.26. The number of aromatic nitrogens is 2. The molecule has 0 saturated heterocycles. The Balaban J connectivity index is 0.000000537. The van der Waals surface area contributed by atoms with Crippen LogP contribution in [-0.2, 0) is 27.3 Å². The van der Waals surface area contributed by atoms with E-state index in [2.05, 4.69) is 4.98 Å². The third kappa shape index (κ3) is 5.80. The number of imidazole rings is 1. The molecule has 1 aliphatic rings. The Morgan fingerprint density at radius 3 is 2.31 bits per heavy atom. The Hall–Kier alpha value is -1.92. The molecule has 0 amide bonds. The van der Waals surface area contributed by atoms with Crippen molar-refractivity contribution in [3.05, 3.63) is 53.1 Å². The molecule has 0 saturated carbocycles. The Labute approximate surface area is 168 Å². The molecule has 8 nitrogen and oxygen atoms in total. The van der Waals surface area contributed by atoms with E-state index in [1.54, 1.807) is 13.3 Å². The van der Waals surface area contributed by atoms with Gasteiger partial charge in [0.15, 0.2) is 0 Å². The quantitative estimate of drug-likeness (QED) is 0.635. The van der Waals surface area contributed by atoms with E-state index in [1.807, 2.05) is 18.4 Å². The van der Waals surface area contributed by atoms with Gasteiger partial charge in [-0.1, -0.05) is 6.07 Å². The summed E-state index contributed by atoms with van der Waals surface area (Å²) in [4.78, 5) is 4.46. The van der Waals surface area contributed by atoms with Gasteiger partial charge in [0.2, 0.25) is 0 Å². The number of halogens is 2. The number of hydrogen-bond donors (Lipinski definition) is 3. The molecule has 0 unspecified atom stereocenters. The second kappa shape index (κ2) is 8.84. The Morgan fingerprint density at radius 2 is 1.79 bits per heavy atom. The van der Waals surface area contributed by atoms with Crippen LogP contribution in [-0.4, -0.2) is 34.2 Å². The normalized spacial score (nSPS) is 19.7. The maximum atomic E-state index is 14.2. The van der Waals surface area contributed by atoms with Crippen molar-refractivity contribution in [3.8, 4) is 0 Å². The number of methoxy groups -OCH3 is 1. The summed E-state index contributed by atoms with van der Waals surface area (Å²) >= 11 is 0. The number of rotatable bonds is 3. The Morgan fingerprint density at radius 1 is 1.24 bits per heavy atom. The molecule has 29 heavy (non-hydrogen) atoms. The first-order chi connectivity index (χ1) is 13.3. The summed E-state index contributed by atoms with van der Waals surface area (Å²) in [6, 6.07) is 3.74. The van der Waals surface area contributed by atoms with Crippen molar-refractivity contribution < 1.29 is 31.0 Å². The van der Waals surface area contributed by atoms with Gasteiger partial charge in [-0.2, -0.15) is 8.42 Å². The molecule has 0 fully saturated rings. The summed E-state index contributed by atoms with van der Waals surface area (Å²) in [5, 5.41) is 0. The van der Waals surface area contributed by atoms with Crippen molar-refractivity contribution in [2.24, 2.45) is 5.73 Å². The van der Waals surface area contributed by atoms with Gasteiger partial charge < -0.3 is 15.0 Å². The third-order valence-corrected chi connectivity index (χ3v) is 4.98. The monoisotopic (exact) mass is 433 g/mol. The number of benzene rings is 1. The van der Waals surface area contributed by atoms with Crippen LogP contribution < -0.4 is 5.73 Å². The molecular formula is C18H25F2N3O5S. The lowest BCUT2D eigenvalue weighted by molar-refractivity contribution is 0.0120. The molecule has 0 aliphatic carbocycles. The highest BCUT2D eigenvalue weighted by Crippen LogP contribution is 2.37. The van der Waals surface area contributed by atoms with Crippen LogP contribution in [0.5, 0.6) is 0 Å². The number of nitrogens with zero attached hydrogens (tertiary/aromatic N) is 2. The van der Waals surface area contributed by atoms with Crippen LogP contribution in [0.15, 0.2) is 24.4 Å². The summed E-state index contributed by atoms with van der Waals surface area (Å²) in [5.41, 5.74) is 6.68. The van der Waals surface area contributed by atoms with Crippen LogP contribution in [0.2, 0.25) is 0 Å². The van der Waals surface area contributed by atoms with Crippen LogP contribution in [0.4, 0.5) is 8.78 Å². The average molecular weight is 433 g/mol. The van der Waals surface area contributed by atoms with E-state index < -0.39 is 27.6 Å². The minimum atomic E-state index is -4.67. The zero-order chi connectivity index (χ0) is 22.0. The molecule has 2 aromatic rings. The van der Waals surface area contributed by atoms with E-state index in [0.29, 0.717) is 19.4 Å². The summed E-state index contributed by atoms with van der Waals surface area (Å²) in [6.45, 7) is 4.31. The van der Waals surface area contributed by atoms with Gasteiger partial charge in [0, 0.05) is 25.1 Å². The maximum Gasteiger partial charge on any atom is 0.394 e. The number of nitrogens with two attached hydrogens (primary N) is 1. The van der Waals surface area contributed by atoms with Crippen molar-refractivity contribution in [2.75, 3.05) is 7.11 Å². The van der Waals surface area contributed by atoms with E-state index in [-0.39, 0.29) is 17.5 Å². The molecular weight excluding hydrogens is 408 g/mol. The topological polar surface area (TPSA) is 128 Å². The molecule has 1 aromatic carbocycles. The minimum absolute atomic E-state index is 0.132. The lowest BCUT2D eigenvalue weighted by atomic mass is 9.92. The molecule has 1 aromatic heterocycles. The molecule has 4 N–H and O–H groups in total. The van der Waals surface area contributed by atoms with Gasteiger partial charge in [-0.25, -0.2) is 13.8 Å². The van der Waals surface area contributed by atoms with E-state index in [0.717, 1.165) is 11.5 Å². The van der Waals surface area contributed by atoms with E-state index in [1.165, 1.54) is 18.2 Å². The third-order valence-electron chi connectivity index (χ3n) is 4.98. The summed E-state index contributed by atoms with van der Waals surface area (Å²) < 4.78 is 67.6. The Kier molecular flexibility index (Phi) is 7.12. The van der Waals surface area contributed by atoms with E-state index in [9.17, 15) is 8.78 Å². The van der Waals surface area contributed by atoms with E-state index in [4.69, 9.17) is 28.0 Å². The fraction of sp³-hybridized carbons (Fsp3) is 0.500. The highest BCUT2D eigenvalue weighted by Gasteiger charge is 2.33. The largest absolute Gasteiger partial charge is 0.394 e. The number of fused-ring (bicyclic) bond motifs is 1. The highest BCUT2D eigenvalue weighted by atomic mass is 32.3. The number of ether oxygens (including phenoxy) is 1. The zero-order valence-electron chi connectivity index (χ0n) is 16.3. The molecule has 0 bridgehead atoms. The van der Waals surface area contributed by atoms with Gasteiger partial charge in [-0.3, -0.25) is 9.11 Å². The predicted molar refractivity (Wildman–Crippen MR) is 102 cm³/mol. The van der Waals surface area contributed by atoms with Crippen molar-refractivity contribution in [1.82, 2.24) is 9.55 Å². The van der Waals surface area contributed by atoms with Gasteiger partial charge in [0.25, 0.3) is 0 Å². The molecule has 11 heteroatoms. The average Bonchev–Trinajstić information content (AvgIpc) is 2.95. The van der Waals surface area contributed by atoms with Crippen molar-refractivity contribution >= 4 is 10.4 Å². The molecule has 1 aliphatic heterocycles. The SMILES string of the molecule is COC(C)(C)c1cnc2n1C[C@H](c1c(F)cccc1F)CC[C@H]2N.O=S(=O)(O)O. The van der Waals surface area contributed by atoms with Gasteiger partial charge >= 0.3 is 10.4 Å². The smallest absolute Gasteiger partial charge is 0.373 e. The summed E-state index contributed by atoms with van der Waals surface area (Å²) in [6.07, 6.45) is 2.98. The van der Waals surface area contributed by atoms with Gasteiger partial charge in [-0.05, 0) is 38.8 Å². The first-order valence-electron chi connectivity index (χ1n) is 8.85. The number of hydrogen-bond acceptors (Lipinski definition) is 5. The van der Waals surface area contributed by atoms with Crippen LogP contribution in [0.1, 0.15) is 55.7 Å². The first kappa shape index (κ1) is 23.4. The molecule has 0 radical (unpaired) electrons. The van der Waals surface area contributed by atoms with E-state index >= 15 is 0 Å². The van der Waals surface area contributed by atoms with Crippen LogP contribution in [0, 0.1) is 11.6 Å². The fourth-order valence-electron chi connectivity index (χ4n) is 3.42. The van der Waals surface area contributed by atoms with Gasteiger partial charge in [0.05, 0.1) is 17.9 Å². The zero-order valence-corrected chi connectivity index (χ0v) is 17.2. The molecule has 2 atom stereocenters. The standard InChI is InChI=1S/C18H23F2N3O.H2O4S/c1-18(2,24-3)15-9-22-17-14(21)8-7-11(10-23(15)17)16-12(19)5-4-6-13(16)20;1-5(2,3)4/h4-6,9,11,14H,7-8,10,21H2,1-3H3;(H2,1,2,3,4)/t11-,14-;/m1./s1. The summed E-state index contributed by atoms with van der Waals surface area (Å²) in [7, 11) is -3.04. The molecule has 162 valence electrons. The van der Waals surface area contributed by atoms with Crippen molar-refractivity contribution in [3.63, 3.8) is 0 Å². The lowest BCUT2D eigenvalue weighted by Gasteiger charge is -2.26. The Bertz CT molecular complexity index is 934. The maximum absolute atomic E-state index is 14.2. The fourth-order valence-corrected chi connectivity index (χ4v) is 3.42. The molecule has 2 heterocycles. The first-order valence-corrected chi connectivity index (χ1v) is 10.2. The minimum Gasteiger partial charge on any atom is -0.373 e. The molecule has 0 spiro atoms. The highest BCUT2D eigenvalue weighted by molar-refractivity contribution is 7.79. The predicted octanol–water partition coefficient (Wildman–Crippen LogP) is 2.97. The second-order valence-corrected chi connectivity index (χ2v) is 8.19. The van der Waals surface area contributed by atoms with Crippen molar-refractivity contribution in [1.29, 1.82) is 0 Å². The molecule has 3 rings (SSSR count). The van der Waals surface area contributed by atoms with Crippen molar-refractivity contribution in [2.45, 2.75) is 50.8 Å². The van der Waals surface area contributed by atoms with Crippen LogP contribution in [0.3, 0.4) is 0 Å². The van der Waals surface area contributed by atoms with Gasteiger partial charge in [-0.15, -0.1) is 0 Å². The van der Waals surface area contributed by atoms with Gasteiger partial charge in [0.1, 0.15) is 23.1 Å². The summed E-state index contributed by atoms with van der Waals surface area (Å²) in [5.74, 6) is -0.567.